The first-order valence-electron chi connectivity index (χ1n) is 6.67. The summed E-state index contributed by atoms with van der Waals surface area (Å²) in [5.74, 6) is -0.188. The molecule has 7 heteroatoms. The molecule has 0 fully saturated rings. The summed E-state index contributed by atoms with van der Waals surface area (Å²) >= 11 is 1.55. The van der Waals surface area contributed by atoms with E-state index in [2.05, 4.69) is 21.7 Å². The van der Waals surface area contributed by atoms with E-state index in [9.17, 15) is 14.7 Å². The van der Waals surface area contributed by atoms with Crippen molar-refractivity contribution in [3.8, 4) is 0 Å². The average molecular weight is 401 g/mol. The average Bonchev–Trinajstić information content (AvgIpc) is 2.44. The van der Waals surface area contributed by atoms with Gasteiger partial charge in [0.15, 0.2) is 23.0 Å². The molecule has 118 valence electrons. The quantitative estimate of drug-likeness (QED) is 0.442. The predicted octanol–water partition coefficient (Wildman–Crippen LogP) is 1.54. The second-order valence-electron chi connectivity index (χ2n) is 5.03. The molecule has 0 aromatic heterocycles. The van der Waals surface area contributed by atoms with Crippen LogP contribution in [0.5, 0.6) is 0 Å². The van der Waals surface area contributed by atoms with Crippen molar-refractivity contribution in [3.05, 3.63) is 0 Å². The second-order valence-corrected chi connectivity index (χ2v) is 5.47. The molecule has 0 bridgehead atoms. The van der Waals surface area contributed by atoms with Crippen molar-refractivity contribution in [2.45, 2.75) is 39.2 Å². The van der Waals surface area contributed by atoms with Crippen LogP contribution in [0, 0.1) is 5.92 Å². The van der Waals surface area contributed by atoms with Gasteiger partial charge in [-0.15, -0.1) is 0 Å². The van der Waals surface area contributed by atoms with Gasteiger partial charge in [-0.05, 0) is 12.3 Å². The van der Waals surface area contributed by atoms with Gasteiger partial charge in [0.25, 0.3) is 0 Å². The SMILES string of the molecule is COC(=O)CCN(CCC(=O)OI)[C@H](CO)CC(C)C. The molecule has 0 aliphatic heterocycles. The molecule has 0 saturated heterocycles. The zero-order valence-corrected chi connectivity index (χ0v) is 14.5. The van der Waals surface area contributed by atoms with Crippen molar-refractivity contribution < 1.29 is 22.5 Å². The van der Waals surface area contributed by atoms with E-state index >= 15 is 0 Å². The zero-order chi connectivity index (χ0) is 15.5. The van der Waals surface area contributed by atoms with Crippen molar-refractivity contribution in [2.24, 2.45) is 5.92 Å². The lowest BCUT2D eigenvalue weighted by atomic mass is 10.0. The number of halogens is 1. The number of hydrogen-bond donors (Lipinski definition) is 1. The monoisotopic (exact) mass is 401 g/mol. The van der Waals surface area contributed by atoms with Gasteiger partial charge in [-0.1, -0.05) is 13.8 Å². The Morgan fingerprint density at radius 2 is 1.75 bits per heavy atom. The fourth-order valence-electron chi connectivity index (χ4n) is 1.97. The fraction of sp³-hybridized carbons (Fsp3) is 0.846. The molecule has 6 nitrogen and oxygen atoms in total. The Kier molecular flexibility index (Phi) is 11.0. The Bertz CT molecular complexity index is 278. The maximum absolute atomic E-state index is 11.2. The molecule has 0 aromatic carbocycles. The van der Waals surface area contributed by atoms with Crippen LogP contribution in [-0.2, 0) is 17.4 Å². The third-order valence-electron chi connectivity index (χ3n) is 2.99. The summed E-state index contributed by atoms with van der Waals surface area (Å²) in [6, 6.07) is -0.0679. The minimum Gasteiger partial charge on any atom is -0.469 e. The number of nitrogens with zero attached hydrogens (tertiary/aromatic N) is 1. The summed E-state index contributed by atoms with van der Waals surface area (Å²) in [7, 11) is 1.35. The van der Waals surface area contributed by atoms with Crippen LogP contribution in [0.2, 0.25) is 0 Å². The van der Waals surface area contributed by atoms with E-state index in [-0.39, 0.29) is 37.4 Å². The number of ether oxygens (including phenoxy) is 1. The number of carbonyl (C=O) groups excluding carboxylic acids is 2. The smallest absolute Gasteiger partial charge is 0.316 e. The number of rotatable bonds is 10. The fourth-order valence-corrected chi connectivity index (χ4v) is 2.19. The maximum atomic E-state index is 11.2. The van der Waals surface area contributed by atoms with Crippen molar-refractivity contribution in [2.75, 3.05) is 26.8 Å². The third-order valence-corrected chi connectivity index (χ3v) is 3.48. The van der Waals surface area contributed by atoms with Crippen LogP contribution in [0.3, 0.4) is 0 Å². The van der Waals surface area contributed by atoms with Gasteiger partial charge in [0.2, 0.25) is 0 Å². The summed E-state index contributed by atoms with van der Waals surface area (Å²) in [6.45, 7) is 5.05. The number of esters is 1. The van der Waals surface area contributed by atoms with Gasteiger partial charge in [0.1, 0.15) is 0 Å². The first-order chi connectivity index (χ1) is 9.44. The Labute approximate surface area is 134 Å². The summed E-state index contributed by atoms with van der Waals surface area (Å²) in [5.41, 5.74) is 0. The summed E-state index contributed by atoms with van der Waals surface area (Å²) in [6.07, 6.45) is 1.28. The van der Waals surface area contributed by atoms with Crippen LogP contribution in [0.4, 0.5) is 0 Å². The highest BCUT2D eigenvalue weighted by atomic mass is 127. The number of methoxy groups -OCH3 is 1. The van der Waals surface area contributed by atoms with E-state index in [1.807, 2.05) is 4.90 Å². The number of aliphatic hydroxyl groups is 1. The third kappa shape index (κ3) is 8.70. The molecular formula is C13H24INO5. The van der Waals surface area contributed by atoms with Gasteiger partial charge < -0.3 is 12.9 Å². The van der Waals surface area contributed by atoms with Crippen LogP contribution in [0.15, 0.2) is 0 Å². The van der Waals surface area contributed by atoms with Crippen LogP contribution in [0.1, 0.15) is 33.1 Å². The van der Waals surface area contributed by atoms with Gasteiger partial charge in [0, 0.05) is 19.1 Å². The molecule has 0 unspecified atom stereocenters. The van der Waals surface area contributed by atoms with Crippen LogP contribution < -0.4 is 0 Å². The normalized spacial score (nSPS) is 12.6. The standard InChI is InChI=1S/C13H24INO5/c1-10(2)8-11(9-16)15(6-4-12(17)19-3)7-5-13(18)20-14/h10-11,16H,4-9H2,1-3H3/t11-/m0/s1. The highest BCUT2D eigenvalue weighted by molar-refractivity contribution is 14.1. The minimum absolute atomic E-state index is 0.00135. The first-order valence-corrected chi connectivity index (χ1v) is 7.55. The van der Waals surface area contributed by atoms with Crippen molar-refractivity contribution >= 4 is 34.9 Å². The molecule has 0 saturated carbocycles. The molecule has 0 amide bonds. The molecule has 0 aliphatic carbocycles. The van der Waals surface area contributed by atoms with Crippen molar-refractivity contribution in [1.82, 2.24) is 4.90 Å². The molecule has 0 aromatic rings. The second kappa shape index (κ2) is 11.3. The number of hydrogen-bond acceptors (Lipinski definition) is 6. The van der Waals surface area contributed by atoms with E-state index in [1.54, 1.807) is 23.0 Å². The molecule has 1 N–H and O–H groups in total. The minimum atomic E-state index is -0.310. The summed E-state index contributed by atoms with van der Waals surface area (Å²) in [5, 5.41) is 9.51. The molecule has 0 rings (SSSR count). The zero-order valence-electron chi connectivity index (χ0n) is 12.3. The Morgan fingerprint density at radius 1 is 1.20 bits per heavy atom. The Balaban J connectivity index is 4.56. The molecule has 0 radical (unpaired) electrons. The van der Waals surface area contributed by atoms with E-state index in [0.717, 1.165) is 6.42 Å². The van der Waals surface area contributed by atoms with E-state index < -0.39 is 0 Å². The molecule has 0 spiro atoms. The topological polar surface area (TPSA) is 76.1 Å². The summed E-state index contributed by atoms with van der Waals surface area (Å²) < 4.78 is 9.21. The molecule has 20 heavy (non-hydrogen) atoms. The lowest BCUT2D eigenvalue weighted by Gasteiger charge is -2.31. The highest BCUT2D eigenvalue weighted by Gasteiger charge is 2.21. The predicted molar refractivity (Wildman–Crippen MR) is 83.3 cm³/mol. The first kappa shape index (κ1) is 19.6. The summed E-state index contributed by atoms with van der Waals surface area (Å²) in [4.78, 5) is 24.4. The molecule has 1 atom stereocenters. The van der Waals surface area contributed by atoms with Gasteiger partial charge in [-0.2, -0.15) is 0 Å². The van der Waals surface area contributed by atoms with Gasteiger partial charge in [0.05, 0.1) is 26.6 Å². The van der Waals surface area contributed by atoms with Crippen molar-refractivity contribution in [3.63, 3.8) is 0 Å². The Hall–Kier alpha value is -0.410. The lowest BCUT2D eigenvalue weighted by Crippen LogP contribution is -2.41. The number of carbonyl (C=O) groups is 2. The molecule has 0 aliphatic rings. The van der Waals surface area contributed by atoms with Crippen LogP contribution in [0.25, 0.3) is 0 Å². The number of aliphatic hydroxyl groups excluding tert-OH is 1. The van der Waals surface area contributed by atoms with Gasteiger partial charge >= 0.3 is 11.9 Å². The van der Waals surface area contributed by atoms with E-state index in [1.165, 1.54) is 7.11 Å². The van der Waals surface area contributed by atoms with E-state index in [4.69, 9.17) is 0 Å². The van der Waals surface area contributed by atoms with E-state index in [0.29, 0.717) is 19.0 Å². The molecule has 0 heterocycles. The van der Waals surface area contributed by atoms with Gasteiger partial charge in [-0.25, -0.2) is 0 Å². The Morgan fingerprint density at radius 3 is 2.15 bits per heavy atom. The van der Waals surface area contributed by atoms with Gasteiger partial charge in [-0.3, -0.25) is 14.5 Å². The molecular weight excluding hydrogens is 377 g/mol. The maximum Gasteiger partial charge on any atom is 0.316 e. The largest absolute Gasteiger partial charge is 0.469 e. The lowest BCUT2D eigenvalue weighted by molar-refractivity contribution is -0.141. The highest BCUT2D eigenvalue weighted by Crippen LogP contribution is 2.13. The van der Waals surface area contributed by atoms with Crippen molar-refractivity contribution in [1.29, 1.82) is 0 Å². The van der Waals surface area contributed by atoms with Crippen LogP contribution >= 0.6 is 23.0 Å². The van der Waals surface area contributed by atoms with Crippen LogP contribution in [-0.4, -0.2) is 54.8 Å².